The number of nitrogens with zero attached hydrogens (tertiary/aromatic N) is 2. The van der Waals surface area contributed by atoms with Crippen molar-refractivity contribution in [3.8, 4) is 11.5 Å². The summed E-state index contributed by atoms with van der Waals surface area (Å²) in [6.45, 7) is 2.30. The maximum Gasteiger partial charge on any atom is 0.322 e. The van der Waals surface area contributed by atoms with Crippen molar-refractivity contribution in [1.82, 2.24) is 15.2 Å². The summed E-state index contributed by atoms with van der Waals surface area (Å²) in [6, 6.07) is 21.2. The van der Waals surface area contributed by atoms with Crippen LogP contribution in [0.2, 0.25) is 0 Å². The first kappa shape index (κ1) is 19.9. The van der Waals surface area contributed by atoms with E-state index in [0.29, 0.717) is 6.54 Å². The highest BCUT2D eigenvalue weighted by molar-refractivity contribution is 5.89. The minimum absolute atomic E-state index is 0.0654. The summed E-state index contributed by atoms with van der Waals surface area (Å²) in [5, 5.41) is 6.42. The number of ether oxygens (including phenoxy) is 1. The number of carbonyl (C=O) groups is 1. The first-order valence-electron chi connectivity index (χ1n) is 10.3. The van der Waals surface area contributed by atoms with Crippen molar-refractivity contribution in [1.29, 1.82) is 0 Å². The van der Waals surface area contributed by atoms with Crippen LogP contribution in [0.15, 0.2) is 79.1 Å². The Morgan fingerprint density at radius 3 is 2.63 bits per heavy atom. The summed E-state index contributed by atoms with van der Waals surface area (Å²) >= 11 is 0. The first-order chi connectivity index (χ1) is 14.8. The molecule has 3 aromatic rings. The predicted octanol–water partition coefficient (Wildman–Crippen LogP) is 4.31. The van der Waals surface area contributed by atoms with Gasteiger partial charge in [0.05, 0.1) is 0 Å². The van der Waals surface area contributed by atoms with E-state index in [1.54, 1.807) is 6.20 Å². The fraction of sp³-hybridized carbons (Fsp3) is 0.250. The van der Waals surface area contributed by atoms with Gasteiger partial charge in [0.2, 0.25) is 0 Å². The highest BCUT2D eigenvalue weighted by Crippen LogP contribution is 2.23. The number of aryl methyl sites for hydroxylation is 1. The van der Waals surface area contributed by atoms with Gasteiger partial charge in [-0.25, -0.2) is 4.79 Å². The number of rotatable bonds is 6. The summed E-state index contributed by atoms with van der Waals surface area (Å²) in [4.78, 5) is 19.0. The third-order valence-electron chi connectivity index (χ3n) is 5.18. The Balaban J connectivity index is 1.34. The standard InChI is InChI=1S/C24H26N4O2/c29-24(27-20-9-12-23(13-10-20)30-22-6-2-1-3-7-22)28-16-15-26-18-21(28)11-8-19-5-4-14-25-17-19/h1-7,9-10,12-14,17,21,26H,8,11,15-16,18H2,(H,27,29). The Labute approximate surface area is 176 Å². The van der Waals surface area contributed by atoms with Crippen LogP contribution in [0, 0.1) is 0 Å². The molecule has 6 heteroatoms. The van der Waals surface area contributed by atoms with Crippen LogP contribution < -0.4 is 15.4 Å². The molecule has 6 nitrogen and oxygen atoms in total. The van der Waals surface area contributed by atoms with Crippen LogP contribution >= 0.6 is 0 Å². The normalized spacial score (nSPS) is 16.1. The van der Waals surface area contributed by atoms with Crippen LogP contribution in [0.4, 0.5) is 10.5 Å². The third kappa shape index (κ3) is 5.36. The van der Waals surface area contributed by atoms with Gasteiger partial charge in [0.15, 0.2) is 0 Å². The number of carbonyl (C=O) groups excluding carboxylic acids is 1. The van der Waals surface area contributed by atoms with E-state index in [1.165, 1.54) is 5.56 Å². The van der Waals surface area contributed by atoms with Gasteiger partial charge in [-0.15, -0.1) is 0 Å². The predicted molar refractivity (Wildman–Crippen MR) is 118 cm³/mol. The Hall–Kier alpha value is -3.38. The highest BCUT2D eigenvalue weighted by Gasteiger charge is 2.26. The molecule has 0 aliphatic carbocycles. The van der Waals surface area contributed by atoms with Gasteiger partial charge in [0, 0.05) is 43.8 Å². The van der Waals surface area contributed by atoms with Crippen LogP contribution in [-0.2, 0) is 6.42 Å². The molecule has 1 aromatic heterocycles. The zero-order valence-corrected chi connectivity index (χ0v) is 16.8. The first-order valence-corrected chi connectivity index (χ1v) is 10.3. The third-order valence-corrected chi connectivity index (χ3v) is 5.18. The summed E-state index contributed by atoms with van der Waals surface area (Å²) in [5.74, 6) is 1.52. The number of nitrogens with one attached hydrogen (secondary N) is 2. The average molecular weight is 402 g/mol. The van der Waals surface area contributed by atoms with Crippen LogP contribution in [0.25, 0.3) is 0 Å². The summed E-state index contributed by atoms with van der Waals surface area (Å²) in [7, 11) is 0. The molecular formula is C24H26N4O2. The van der Waals surface area contributed by atoms with E-state index in [1.807, 2.05) is 71.8 Å². The molecule has 0 spiro atoms. The molecule has 2 amide bonds. The van der Waals surface area contributed by atoms with Crippen molar-refractivity contribution in [2.24, 2.45) is 0 Å². The molecule has 0 saturated carbocycles. The quantitative estimate of drug-likeness (QED) is 0.645. The van der Waals surface area contributed by atoms with Crippen molar-refractivity contribution < 1.29 is 9.53 Å². The van der Waals surface area contributed by atoms with Gasteiger partial charge in [-0.3, -0.25) is 4.98 Å². The molecule has 1 saturated heterocycles. The van der Waals surface area contributed by atoms with Crippen molar-refractivity contribution in [2.75, 3.05) is 25.0 Å². The van der Waals surface area contributed by atoms with Gasteiger partial charge >= 0.3 is 6.03 Å². The molecule has 2 aromatic carbocycles. The van der Waals surface area contributed by atoms with E-state index in [9.17, 15) is 4.79 Å². The average Bonchev–Trinajstić information content (AvgIpc) is 2.80. The lowest BCUT2D eigenvalue weighted by Crippen LogP contribution is -2.55. The topological polar surface area (TPSA) is 66.5 Å². The number of aromatic nitrogens is 1. The van der Waals surface area contributed by atoms with Crippen LogP contribution in [0.3, 0.4) is 0 Å². The zero-order valence-electron chi connectivity index (χ0n) is 16.8. The number of urea groups is 1. The second kappa shape index (κ2) is 9.89. The van der Waals surface area contributed by atoms with Gasteiger partial charge in [-0.1, -0.05) is 24.3 Å². The SMILES string of the molecule is O=C(Nc1ccc(Oc2ccccc2)cc1)N1CCNCC1CCc1cccnc1. The van der Waals surface area contributed by atoms with E-state index in [4.69, 9.17) is 4.74 Å². The second-order valence-corrected chi connectivity index (χ2v) is 7.32. The van der Waals surface area contributed by atoms with Crippen molar-refractivity contribution in [2.45, 2.75) is 18.9 Å². The molecule has 1 unspecified atom stereocenters. The lowest BCUT2D eigenvalue weighted by atomic mass is 10.0. The Kier molecular flexibility index (Phi) is 6.57. The van der Waals surface area contributed by atoms with E-state index in [2.05, 4.69) is 21.7 Å². The van der Waals surface area contributed by atoms with E-state index >= 15 is 0 Å². The molecule has 0 radical (unpaired) electrons. The number of hydrogen-bond acceptors (Lipinski definition) is 4. The number of pyridine rings is 1. The smallest absolute Gasteiger partial charge is 0.322 e. The summed E-state index contributed by atoms with van der Waals surface area (Å²) in [6.07, 6.45) is 5.47. The summed E-state index contributed by atoms with van der Waals surface area (Å²) < 4.78 is 5.81. The fourth-order valence-corrected chi connectivity index (χ4v) is 3.59. The van der Waals surface area contributed by atoms with Crippen LogP contribution in [-0.4, -0.2) is 41.6 Å². The van der Waals surface area contributed by atoms with E-state index in [-0.39, 0.29) is 12.1 Å². The number of hydrogen-bond donors (Lipinski definition) is 2. The molecule has 30 heavy (non-hydrogen) atoms. The summed E-state index contributed by atoms with van der Waals surface area (Å²) in [5.41, 5.74) is 1.95. The zero-order chi connectivity index (χ0) is 20.6. The lowest BCUT2D eigenvalue weighted by molar-refractivity contribution is 0.166. The Bertz CT molecular complexity index is 932. The van der Waals surface area contributed by atoms with Gasteiger partial charge in [-0.2, -0.15) is 0 Å². The van der Waals surface area contributed by atoms with Crippen LogP contribution in [0.1, 0.15) is 12.0 Å². The number of para-hydroxylation sites is 1. The maximum absolute atomic E-state index is 12.9. The van der Waals surface area contributed by atoms with Gasteiger partial charge in [0.1, 0.15) is 11.5 Å². The largest absolute Gasteiger partial charge is 0.457 e. The number of benzene rings is 2. The van der Waals surface area contributed by atoms with Gasteiger partial charge in [0.25, 0.3) is 0 Å². The number of amides is 2. The molecule has 0 bridgehead atoms. The Morgan fingerprint density at radius 1 is 1.07 bits per heavy atom. The molecule has 2 N–H and O–H groups in total. The van der Waals surface area contributed by atoms with E-state index in [0.717, 1.165) is 43.1 Å². The van der Waals surface area contributed by atoms with Gasteiger partial charge in [-0.05, 0) is 60.9 Å². The van der Waals surface area contributed by atoms with Crippen molar-refractivity contribution in [3.05, 3.63) is 84.7 Å². The van der Waals surface area contributed by atoms with Crippen molar-refractivity contribution in [3.63, 3.8) is 0 Å². The van der Waals surface area contributed by atoms with Gasteiger partial charge < -0.3 is 20.3 Å². The van der Waals surface area contributed by atoms with E-state index < -0.39 is 0 Å². The molecule has 1 aliphatic rings. The molecule has 1 atom stereocenters. The molecule has 2 heterocycles. The lowest BCUT2D eigenvalue weighted by Gasteiger charge is -2.36. The monoisotopic (exact) mass is 402 g/mol. The minimum Gasteiger partial charge on any atom is -0.457 e. The number of anilines is 1. The fourth-order valence-electron chi connectivity index (χ4n) is 3.59. The molecule has 1 aliphatic heterocycles. The molecule has 154 valence electrons. The molecule has 1 fully saturated rings. The highest BCUT2D eigenvalue weighted by atomic mass is 16.5. The maximum atomic E-state index is 12.9. The number of piperazine rings is 1. The molecule has 4 rings (SSSR count). The van der Waals surface area contributed by atoms with Crippen molar-refractivity contribution >= 4 is 11.7 Å². The molecular weight excluding hydrogens is 376 g/mol. The Morgan fingerprint density at radius 2 is 1.87 bits per heavy atom. The van der Waals surface area contributed by atoms with Crippen LogP contribution in [0.5, 0.6) is 11.5 Å². The second-order valence-electron chi connectivity index (χ2n) is 7.32. The minimum atomic E-state index is -0.0654.